The van der Waals surface area contributed by atoms with Crippen molar-refractivity contribution >= 4 is 5.91 Å². The van der Waals surface area contributed by atoms with Gasteiger partial charge in [0.15, 0.2) is 0 Å². The Bertz CT molecular complexity index is 472. The van der Waals surface area contributed by atoms with Crippen LogP contribution in [0.15, 0.2) is 24.5 Å². The zero-order valence-electron chi connectivity index (χ0n) is 14.1. The second kappa shape index (κ2) is 7.73. The van der Waals surface area contributed by atoms with Gasteiger partial charge >= 0.3 is 0 Å². The number of hydrogen-bond donors (Lipinski definition) is 1. The molecular weight excluding hydrogens is 274 g/mol. The van der Waals surface area contributed by atoms with Crippen LogP contribution in [0.25, 0.3) is 0 Å². The van der Waals surface area contributed by atoms with Crippen LogP contribution in [0, 0.1) is 5.92 Å². The fraction of sp³-hybridized carbons (Fsp3) is 0.667. The normalized spacial score (nSPS) is 19.9. The number of nitrogens with zero attached hydrogens (tertiary/aromatic N) is 2. The Labute approximate surface area is 134 Å². The number of aryl methyl sites for hydroxylation is 1. The van der Waals surface area contributed by atoms with Crippen LogP contribution in [-0.2, 0) is 11.2 Å². The summed E-state index contributed by atoms with van der Waals surface area (Å²) in [6, 6.07) is 3.92. The molecule has 122 valence electrons. The molecule has 1 aliphatic heterocycles. The molecule has 0 radical (unpaired) electrons. The quantitative estimate of drug-likeness (QED) is 0.879. The highest BCUT2D eigenvalue weighted by Crippen LogP contribution is 2.23. The van der Waals surface area contributed by atoms with E-state index in [2.05, 4.69) is 36.0 Å². The second-order valence-corrected chi connectivity index (χ2v) is 7.14. The fourth-order valence-electron chi connectivity index (χ4n) is 3.06. The molecule has 4 nitrogen and oxygen atoms in total. The summed E-state index contributed by atoms with van der Waals surface area (Å²) in [4.78, 5) is 18.7. The van der Waals surface area contributed by atoms with Gasteiger partial charge in [0.2, 0.25) is 5.91 Å². The van der Waals surface area contributed by atoms with Crippen LogP contribution in [0.4, 0.5) is 0 Å². The van der Waals surface area contributed by atoms with Crippen LogP contribution >= 0.6 is 0 Å². The average Bonchev–Trinajstić information content (AvgIpc) is 2.52. The van der Waals surface area contributed by atoms with Crippen LogP contribution < -0.4 is 5.32 Å². The molecule has 22 heavy (non-hydrogen) atoms. The number of pyridine rings is 1. The van der Waals surface area contributed by atoms with Gasteiger partial charge in [0.25, 0.3) is 0 Å². The zero-order valence-corrected chi connectivity index (χ0v) is 14.1. The Morgan fingerprint density at radius 3 is 3.00 bits per heavy atom. The Balaban J connectivity index is 1.74. The van der Waals surface area contributed by atoms with E-state index in [-0.39, 0.29) is 11.4 Å². The third kappa shape index (κ3) is 5.09. The Morgan fingerprint density at radius 1 is 1.50 bits per heavy atom. The van der Waals surface area contributed by atoms with Gasteiger partial charge in [-0.05, 0) is 57.2 Å². The minimum atomic E-state index is 0.0264. The average molecular weight is 303 g/mol. The van der Waals surface area contributed by atoms with Crippen molar-refractivity contribution in [1.82, 2.24) is 15.2 Å². The molecule has 0 spiro atoms. The van der Waals surface area contributed by atoms with Crippen molar-refractivity contribution in [1.29, 1.82) is 0 Å². The van der Waals surface area contributed by atoms with Gasteiger partial charge in [0.05, 0.1) is 0 Å². The topological polar surface area (TPSA) is 45.2 Å². The number of carbonyl (C=O) groups is 1. The summed E-state index contributed by atoms with van der Waals surface area (Å²) in [5, 5.41) is 3.10. The van der Waals surface area contributed by atoms with Crippen LogP contribution in [0.5, 0.6) is 0 Å². The predicted octanol–water partition coefficient (Wildman–Crippen LogP) is 2.64. The molecule has 2 rings (SSSR count). The van der Waals surface area contributed by atoms with E-state index in [0.29, 0.717) is 13.0 Å². The maximum atomic E-state index is 12.1. The Hall–Kier alpha value is -1.42. The number of rotatable bonds is 6. The highest BCUT2D eigenvalue weighted by Gasteiger charge is 2.30. The first-order chi connectivity index (χ1) is 10.5. The molecule has 1 amide bonds. The third-order valence-electron chi connectivity index (χ3n) is 4.59. The third-order valence-corrected chi connectivity index (χ3v) is 4.59. The minimum absolute atomic E-state index is 0.0264. The second-order valence-electron chi connectivity index (χ2n) is 7.14. The molecule has 1 fully saturated rings. The number of nitrogens with one attached hydrogen (secondary N) is 1. The number of carbonyl (C=O) groups excluding carboxylic acids is 1. The lowest BCUT2D eigenvalue weighted by atomic mass is 9.93. The number of piperidine rings is 1. The van der Waals surface area contributed by atoms with Crippen molar-refractivity contribution in [2.24, 2.45) is 5.92 Å². The summed E-state index contributed by atoms with van der Waals surface area (Å²) in [6.45, 7) is 9.76. The van der Waals surface area contributed by atoms with Crippen molar-refractivity contribution in [3.05, 3.63) is 30.1 Å². The van der Waals surface area contributed by atoms with Crippen LogP contribution in [0.3, 0.4) is 0 Å². The number of aromatic nitrogens is 1. The monoisotopic (exact) mass is 303 g/mol. The van der Waals surface area contributed by atoms with Gasteiger partial charge in [-0.3, -0.25) is 14.7 Å². The van der Waals surface area contributed by atoms with E-state index in [4.69, 9.17) is 0 Å². The molecule has 1 N–H and O–H groups in total. The van der Waals surface area contributed by atoms with E-state index >= 15 is 0 Å². The first-order valence-corrected chi connectivity index (χ1v) is 8.38. The van der Waals surface area contributed by atoms with E-state index in [1.807, 2.05) is 18.3 Å². The molecule has 2 heterocycles. The molecule has 1 unspecified atom stereocenters. The molecule has 1 saturated heterocycles. The van der Waals surface area contributed by atoms with Crippen LogP contribution in [0.1, 0.15) is 45.6 Å². The molecule has 0 bridgehead atoms. The number of hydrogen-bond acceptors (Lipinski definition) is 3. The molecule has 0 saturated carbocycles. The van der Waals surface area contributed by atoms with Gasteiger partial charge in [-0.1, -0.05) is 13.0 Å². The molecule has 1 aliphatic rings. The molecule has 0 aromatic carbocycles. The molecule has 4 heteroatoms. The van der Waals surface area contributed by atoms with Crippen molar-refractivity contribution in [2.45, 2.75) is 52.0 Å². The molecule has 0 aliphatic carbocycles. The van der Waals surface area contributed by atoms with E-state index in [1.165, 1.54) is 12.8 Å². The lowest BCUT2D eigenvalue weighted by Gasteiger charge is -2.43. The fourth-order valence-corrected chi connectivity index (χ4v) is 3.06. The summed E-state index contributed by atoms with van der Waals surface area (Å²) in [5.74, 6) is 0.885. The maximum Gasteiger partial charge on any atom is 0.220 e. The van der Waals surface area contributed by atoms with Crippen molar-refractivity contribution in [3.8, 4) is 0 Å². The SMILES string of the molecule is CC1CCCN(C(C)(C)CNC(=O)CCc2cccnc2)C1. The van der Waals surface area contributed by atoms with E-state index < -0.39 is 0 Å². The van der Waals surface area contributed by atoms with Gasteiger partial charge in [-0.15, -0.1) is 0 Å². The van der Waals surface area contributed by atoms with Crippen LogP contribution in [0.2, 0.25) is 0 Å². The Kier molecular flexibility index (Phi) is 5.95. The summed E-state index contributed by atoms with van der Waals surface area (Å²) in [6.07, 6.45) is 7.45. The summed E-state index contributed by atoms with van der Waals surface area (Å²) in [7, 11) is 0. The van der Waals surface area contributed by atoms with Gasteiger partial charge < -0.3 is 5.32 Å². The smallest absolute Gasteiger partial charge is 0.220 e. The summed E-state index contributed by atoms with van der Waals surface area (Å²) < 4.78 is 0. The summed E-state index contributed by atoms with van der Waals surface area (Å²) in [5.41, 5.74) is 1.14. The standard InChI is InChI=1S/C18H29N3O/c1-15-6-5-11-21(13-15)18(2,3)14-20-17(22)9-8-16-7-4-10-19-12-16/h4,7,10,12,15H,5-6,8-9,11,13-14H2,1-3H3,(H,20,22). The number of amides is 1. The summed E-state index contributed by atoms with van der Waals surface area (Å²) >= 11 is 0. The first kappa shape index (κ1) is 16.9. The molecule has 1 aromatic rings. The molecule has 1 atom stereocenters. The first-order valence-electron chi connectivity index (χ1n) is 8.38. The van der Waals surface area contributed by atoms with E-state index in [1.54, 1.807) is 6.20 Å². The van der Waals surface area contributed by atoms with Crippen LogP contribution in [-0.4, -0.2) is 41.0 Å². The van der Waals surface area contributed by atoms with E-state index in [9.17, 15) is 4.79 Å². The van der Waals surface area contributed by atoms with Gasteiger partial charge in [-0.2, -0.15) is 0 Å². The Morgan fingerprint density at radius 2 is 2.32 bits per heavy atom. The van der Waals surface area contributed by atoms with Crippen molar-refractivity contribution in [3.63, 3.8) is 0 Å². The van der Waals surface area contributed by atoms with E-state index in [0.717, 1.165) is 31.0 Å². The maximum absolute atomic E-state index is 12.1. The lowest BCUT2D eigenvalue weighted by molar-refractivity contribution is -0.121. The van der Waals surface area contributed by atoms with Crippen molar-refractivity contribution in [2.75, 3.05) is 19.6 Å². The molecule has 1 aromatic heterocycles. The minimum Gasteiger partial charge on any atom is -0.354 e. The van der Waals surface area contributed by atoms with Gasteiger partial charge in [0, 0.05) is 37.4 Å². The lowest BCUT2D eigenvalue weighted by Crippen LogP contribution is -2.54. The molecular formula is C18H29N3O. The predicted molar refractivity (Wildman–Crippen MR) is 89.6 cm³/mol. The highest BCUT2D eigenvalue weighted by atomic mass is 16.1. The zero-order chi connectivity index (χ0) is 16.0. The van der Waals surface area contributed by atoms with Gasteiger partial charge in [0.1, 0.15) is 0 Å². The van der Waals surface area contributed by atoms with Crippen molar-refractivity contribution < 1.29 is 4.79 Å². The number of likely N-dealkylation sites (tertiary alicyclic amines) is 1. The highest BCUT2D eigenvalue weighted by molar-refractivity contribution is 5.76. The largest absolute Gasteiger partial charge is 0.354 e. The van der Waals surface area contributed by atoms with Gasteiger partial charge in [-0.25, -0.2) is 0 Å².